The van der Waals surface area contributed by atoms with Crippen molar-refractivity contribution in [1.82, 2.24) is 9.88 Å². The lowest BCUT2D eigenvalue weighted by atomic mass is 9.99. The molecule has 0 aliphatic carbocycles. The van der Waals surface area contributed by atoms with Gasteiger partial charge in [-0.05, 0) is 53.4 Å². The number of rotatable bonds is 9. The summed E-state index contributed by atoms with van der Waals surface area (Å²) < 4.78 is 30.7. The quantitative estimate of drug-likeness (QED) is 0.363. The molecule has 7 nitrogen and oxygen atoms in total. The van der Waals surface area contributed by atoms with Crippen LogP contribution in [0.4, 0.5) is 4.39 Å². The molecule has 8 heteroatoms. The number of fused-ring (bicyclic) bond motifs is 2. The molecule has 2 heterocycles. The molecule has 0 fully saturated rings. The number of pyridine rings is 1. The highest BCUT2D eigenvalue weighted by Gasteiger charge is 2.36. The minimum absolute atomic E-state index is 0.149. The van der Waals surface area contributed by atoms with E-state index >= 15 is 0 Å². The Kier molecular flexibility index (Phi) is 6.92. The number of carbonyl (C=O) groups excluding carboxylic acids is 1. The molecule has 3 aromatic carbocycles. The van der Waals surface area contributed by atoms with Crippen LogP contribution < -0.4 is 14.2 Å². The third-order valence-corrected chi connectivity index (χ3v) is 6.49. The molecule has 1 N–H and O–H groups in total. The molecule has 0 bridgehead atoms. The summed E-state index contributed by atoms with van der Waals surface area (Å²) in [6, 6.07) is 15.8. The zero-order valence-corrected chi connectivity index (χ0v) is 20.7. The third-order valence-electron chi connectivity index (χ3n) is 6.49. The van der Waals surface area contributed by atoms with E-state index in [2.05, 4.69) is 0 Å². The maximum absolute atomic E-state index is 13.4. The van der Waals surface area contributed by atoms with Crippen molar-refractivity contribution in [2.24, 2.45) is 0 Å². The Morgan fingerprint density at radius 2 is 1.70 bits per heavy atom. The van der Waals surface area contributed by atoms with Crippen molar-refractivity contribution in [3.05, 3.63) is 94.4 Å². The van der Waals surface area contributed by atoms with Crippen molar-refractivity contribution in [3.63, 3.8) is 0 Å². The van der Waals surface area contributed by atoms with E-state index in [1.165, 1.54) is 12.1 Å². The van der Waals surface area contributed by atoms with Crippen molar-refractivity contribution in [3.8, 4) is 17.2 Å². The zero-order chi connectivity index (χ0) is 25.9. The highest BCUT2D eigenvalue weighted by molar-refractivity contribution is 6.09. The Labute approximate surface area is 214 Å². The Hall–Kier alpha value is -4.17. The topological polar surface area (TPSA) is 81.1 Å². The Balaban J connectivity index is 1.59. The summed E-state index contributed by atoms with van der Waals surface area (Å²) in [7, 11) is 3.18. The molecular weight excluding hydrogens is 475 g/mol. The number of nitrogens with zero attached hydrogens (tertiary/aromatic N) is 2. The number of hydrogen-bond acceptors (Lipinski definition) is 6. The molecule has 37 heavy (non-hydrogen) atoms. The van der Waals surface area contributed by atoms with E-state index in [0.29, 0.717) is 41.1 Å². The number of amides is 1. The minimum atomic E-state index is -0.284. The van der Waals surface area contributed by atoms with E-state index in [4.69, 9.17) is 19.2 Å². The van der Waals surface area contributed by atoms with Crippen LogP contribution in [0.1, 0.15) is 32.6 Å². The summed E-state index contributed by atoms with van der Waals surface area (Å²) in [6.45, 7) is 0.580. The van der Waals surface area contributed by atoms with Gasteiger partial charge in [0.1, 0.15) is 29.4 Å². The predicted octanol–water partition coefficient (Wildman–Crippen LogP) is 4.51. The van der Waals surface area contributed by atoms with Gasteiger partial charge < -0.3 is 24.2 Å². The summed E-state index contributed by atoms with van der Waals surface area (Å²) in [5, 5.41) is 10.2. The second-order valence-electron chi connectivity index (χ2n) is 8.85. The van der Waals surface area contributed by atoms with Crippen LogP contribution in [-0.2, 0) is 19.6 Å². The van der Waals surface area contributed by atoms with Gasteiger partial charge >= 0.3 is 0 Å². The van der Waals surface area contributed by atoms with Crippen LogP contribution >= 0.6 is 0 Å². The van der Waals surface area contributed by atoms with E-state index in [1.807, 2.05) is 30.3 Å². The summed E-state index contributed by atoms with van der Waals surface area (Å²) in [5.41, 5.74) is 4.40. The molecular formula is C29H27FN2O5. The first-order chi connectivity index (χ1) is 18.0. The molecule has 1 amide bonds. The molecule has 0 saturated heterocycles. The van der Waals surface area contributed by atoms with E-state index < -0.39 is 0 Å². The number of aromatic nitrogens is 1. The number of aliphatic hydroxyl groups is 1. The van der Waals surface area contributed by atoms with Crippen LogP contribution in [0, 0.1) is 5.82 Å². The van der Waals surface area contributed by atoms with Gasteiger partial charge in [0.05, 0.1) is 32.9 Å². The molecule has 0 radical (unpaired) electrons. The minimum Gasteiger partial charge on any atom is -0.497 e. The number of carbonyl (C=O) groups is 1. The lowest BCUT2D eigenvalue weighted by Gasteiger charge is -2.17. The van der Waals surface area contributed by atoms with Crippen LogP contribution in [0.15, 0.2) is 60.8 Å². The third kappa shape index (κ3) is 4.80. The summed E-state index contributed by atoms with van der Waals surface area (Å²) >= 11 is 0. The Bertz CT molecular complexity index is 1440. The second-order valence-corrected chi connectivity index (χ2v) is 8.85. The fourth-order valence-corrected chi connectivity index (χ4v) is 4.68. The van der Waals surface area contributed by atoms with Crippen LogP contribution in [0.5, 0.6) is 17.2 Å². The molecule has 1 aromatic heterocycles. The molecule has 1 aliphatic rings. The predicted molar refractivity (Wildman–Crippen MR) is 137 cm³/mol. The van der Waals surface area contributed by atoms with Gasteiger partial charge in [0.2, 0.25) is 0 Å². The molecule has 190 valence electrons. The molecule has 0 saturated carbocycles. The molecule has 0 atom stereocenters. The number of β-amino-alcohol motifs (C(OH)–C–C–N with tert-alkyl or cyclic N) is 1. The van der Waals surface area contributed by atoms with E-state index in [9.17, 15) is 14.3 Å². The first-order valence-electron chi connectivity index (χ1n) is 11.9. The summed E-state index contributed by atoms with van der Waals surface area (Å²) in [4.78, 5) is 19.6. The summed E-state index contributed by atoms with van der Waals surface area (Å²) in [6.07, 6.45) is 2.30. The average Bonchev–Trinajstić information content (AvgIpc) is 3.24. The van der Waals surface area contributed by atoms with Gasteiger partial charge in [-0.15, -0.1) is 0 Å². The number of hydrogen-bond donors (Lipinski definition) is 1. The highest BCUT2D eigenvalue weighted by Crippen LogP contribution is 2.44. The van der Waals surface area contributed by atoms with Crippen LogP contribution in [0.2, 0.25) is 0 Å². The SMILES string of the molecule is COc1ccc(COc2c3c(c(OC)c4cc(Cc5ccc(F)cc5)cnc24)CN(CCO)C3=O)cc1. The second kappa shape index (κ2) is 10.4. The molecule has 0 spiro atoms. The van der Waals surface area contributed by atoms with E-state index in [0.717, 1.165) is 27.8 Å². The number of ether oxygens (including phenoxy) is 3. The van der Waals surface area contributed by atoms with Crippen molar-refractivity contribution in [2.45, 2.75) is 19.6 Å². The fraction of sp³-hybridized carbons (Fsp3) is 0.241. The number of benzene rings is 3. The van der Waals surface area contributed by atoms with Gasteiger partial charge in [0.25, 0.3) is 5.91 Å². The van der Waals surface area contributed by atoms with Crippen LogP contribution in [0.25, 0.3) is 10.9 Å². The molecule has 5 rings (SSSR count). The maximum atomic E-state index is 13.4. The molecule has 4 aromatic rings. The van der Waals surface area contributed by atoms with Gasteiger partial charge in [-0.3, -0.25) is 9.78 Å². The first-order valence-corrected chi connectivity index (χ1v) is 11.9. The zero-order valence-electron chi connectivity index (χ0n) is 20.7. The van der Waals surface area contributed by atoms with Gasteiger partial charge in [-0.1, -0.05) is 24.3 Å². The lowest BCUT2D eigenvalue weighted by molar-refractivity contribution is 0.0742. The average molecular weight is 503 g/mol. The number of aliphatic hydroxyl groups excluding tert-OH is 1. The van der Waals surface area contributed by atoms with Crippen LogP contribution in [0.3, 0.4) is 0 Å². The largest absolute Gasteiger partial charge is 0.497 e. The van der Waals surface area contributed by atoms with Gasteiger partial charge in [0, 0.05) is 23.7 Å². The van der Waals surface area contributed by atoms with Crippen molar-refractivity contribution in [2.75, 3.05) is 27.4 Å². The standard InChI is InChI=1S/C29H27FN2O5/c1-35-22-9-5-19(6-10-22)17-37-28-25-24(16-32(11-12-33)29(25)34)27(36-2)23-14-20(15-31-26(23)28)13-18-3-7-21(30)8-4-18/h3-10,14-15,33H,11-13,16-17H2,1-2H3. The van der Waals surface area contributed by atoms with Crippen molar-refractivity contribution in [1.29, 1.82) is 0 Å². The number of halogens is 1. The number of methoxy groups -OCH3 is 2. The molecule has 0 unspecified atom stereocenters. The normalized spacial score (nSPS) is 12.6. The first kappa shape index (κ1) is 24.5. The van der Waals surface area contributed by atoms with E-state index in [-0.39, 0.29) is 31.5 Å². The fourth-order valence-electron chi connectivity index (χ4n) is 4.68. The maximum Gasteiger partial charge on any atom is 0.258 e. The highest BCUT2D eigenvalue weighted by atomic mass is 19.1. The monoisotopic (exact) mass is 502 g/mol. The summed E-state index contributed by atoms with van der Waals surface area (Å²) in [5.74, 6) is 1.17. The van der Waals surface area contributed by atoms with Gasteiger partial charge in [-0.2, -0.15) is 0 Å². The molecule has 1 aliphatic heterocycles. The van der Waals surface area contributed by atoms with Crippen molar-refractivity contribution < 1.29 is 28.5 Å². The smallest absolute Gasteiger partial charge is 0.258 e. The van der Waals surface area contributed by atoms with Crippen molar-refractivity contribution >= 4 is 16.8 Å². The van der Waals surface area contributed by atoms with Gasteiger partial charge in [0.15, 0.2) is 5.75 Å². The van der Waals surface area contributed by atoms with E-state index in [1.54, 1.807) is 37.4 Å². The Morgan fingerprint density at radius 1 is 0.973 bits per heavy atom. The van der Waals surface area contributed by atoms with Crippen LogP contribution in [-0.4, -0.2) is 48.3 Å². The lowest BCUT2D eigenvalue weighted by Crippen LogP contribution is -2.27. The van der Waals surface area contributed by atoms with Gasteiger partial charge in [-0.25, -0.2) is 4.39 Å². The Morgan fingerprint density at radius 3 is 2.38 bits per heavy atom.